The van der Waals surface area contributed by atoms with Crippen molar-refractivity contribution in [3.8, 4) is 11.8 Å². The summed E-state index contributed by atoms with van der Waals surface area (Å²) >= 11 is 0. The molecule has 0 fully saturated rings. The molecule has 2 N–H and O–H groups in total. The van der Waals surface area contributed by atoms with Crippen molar-refractivity contribution in [2.24, 2.45) is 0 Å². The van der Waals surface area contributed by atoms with E-state index in [1.54, 1.807) is 30.7 Å². The molecule has 190 valence electrons. The molecule has 5 rings (SSSR count). The van der Waals surface area contributed by atoms with E-state index in [-0.39, 0.29) is 16.7 Å². The first kappa shape index (κ1) is 24.7. The first-order chi connectivity index (χ1) is 17.6. The van der Waals surface area contributed by atoms with E-state index in [2.05, 4.69) is 47.7 Å². The Morgan fingerprint density at radius 3 is 2.76 bits per heavy atom. The molecule has 0 atom stereocenters. The van der Waals surface area contributed by atoms with Crippen molar-refractivity contribution < 1.29 is 4.39 Å². The third kappa shape index (κ3) is 4.17. The molecular formula is C28H30FN7O. The second kappa shape index (κ2) is 8.82. The van der Waals surface area contributed by atoms with Gasteiger partial charge in [-0.2, -0.15) is 10.2 Å². The summed E-state index contributed by atoms with van der Waals surface area (Å²) < 4.78 is 17.9. The standard InChI is InChI=1S/C28H30FN7O/c1-6-35-25(37)20-15-31-26(33-18-7-9-21-17(13-18)11-12-32-28(21,4)5)34-24(20)36(35)19-8-10-23(29)22(14-19)27(2,3)16-30/h7-10,13-15,32H,6,11-12H2,1-5H3,(H,31,33,34). The second-order valence-electron chi connectivity index (χ2n) is 10.5. The lowest BCUT2D eigenvalue weighted by atomic mass is 9.85. The van der Waals surface area contributed by atoms with Crippen molar-refractivity contribution >= 4 is 22.7 Å². The third-order valence-corrected chi connectivity index (χ3v) is 7.12. The molecule has 1 aliphatic heterocycles. The number of hydrogen-bond donors (Lipinski definition) is 2. The highest BCUT2D eigenvalue weighted by atomic mass is 19.1. The van der Waals surface area contributed by atoms with E-state index in [1.165, 1.54) is 28.1 Å². The Labute approximate surface area is 214 Å². The van der Waals surface area contributed by atoms with Gasteiger partial charge in [-0.05, 0) is 89.0 Å². The monoisotopic (exact) mass is 499 g/mol. The van der Waals surface area contributed by atoms with Crippen LogP contribution in [-0.4, -0.2) is 25.9 Å². The molecule has 0 spiro atoms. The first-order valence-electron chi connectivity index (χ1n) is 12.4. The molecule has 9 heteroatoms. The van der Waals surface area contributed by atoms with Crippen LogP contribution in [0.5, 0.6) is 0 Å². The van der Waals surface area contributed by atoms with Crippen molar-refractivity contribution in [2.75, 3.05) is 11.9 Å². The van der Waals surface area contributed by atoms with E-state index in [4.69, 9.17) is 4.98 Å². The van der Waals surface area contributed by atoms with Gasteiger partial charge < -0.3 is 10.6 Å². The van der Waals surface area contributed by atoms with E-state index < -0.39 is 11.2 Å². The maximum absolute atomic E-state index is 14.7. The van der Waals surface area contributed by atoms with Gasteiger partial charge in [-0.25, -0.2) is 18.7 Å². The number of fused-ring (bicyclic) bond motifs is 2. The SMILES string of the molecule is CCn1c(=O)c2cnc(Nc3ccc4c(c3)CCNC4(C)C)nc2n1-c1ccc(F)c(C(C)(C)C#N)c1. The number of nitrogens with zero attached hydrogens (tertiary/aromatic N) is 5. The summed E-state index contributed by atoms with van der Waals surface area (Å²) in [4.78, 5) is 22.3. The van der Waals surface area contributed by atoms with Gasteiger partial charge in [-0.1, -0.05) is 6.07 Å². The highest BCUT2D eigenvalue weighted by Crippen LogP contribution is 2.31. The fourth-order valence-corrected chi connectivity index (χ4v) is 5.04. The highest BCUT2D eigenvalue weighted by molar-refractivity contribution is 5.77. The molecule has 0 bridgehead atoms. The van der Waals surface area contributed by atoms with Gasteiger partial charge in [0.25, 0.3) is 5.56 Å². The molecule has 0 aliphatic carbocycles. The molecule has 0 radical (unpaired) electrons. The van der Waals surface area contributed by atoms with Crippen LogP contribution in [0.2, 0.25) is 0 Å². The maximum Gasteiger partial charge on any atom is 0.278 e. The van der Waals surface area contributed by atoms with Gasteiger partial charge in [0.1, 0.15) is 11.2 Å². The smallest absolute Gasteiger partial charge is 0.278 e. The number of nitrogens with one attached hydrogen (secondary N) is 2. The van der Waals surface area contributed by atoms with Gasteiger partial charge in [0.15, 0.2) is 5.65 Å². The topological polar surface area (TPSA) is 101 Å². The number of aromatic nitrogens is 4. The van der Waals surface area contributed by atoms with Gasteiger partial charge in [0.2, 0.25) is 5.95 Å². The second-order valence-corrected chi connectivity index (χ2v) is 10.5. The fraction of sp³-hybridized carbons (Fsp3) is 0.357. The Kier molecular flexibility index (Phi) is 5.88. The predicted octanol–water partition coefficient (Wildman–Crippen LogP) is 4.67. The van der Waals surface area contributed by atoms with Gasteiger partial charge >= 0.3 is 0 Å². The molecule has 2 aromatic heterocycles. The molecule has 0 saturated heterocycles. The Morgan fingerprint density at radius 2 is 2.03 bits per heavy atom. The molecule has 2 aromatic carbocycles. The summed E-state index contributed by atoms with van der Waals surface area (Å²) in [7, 11) is 0. The van der Waals surface area contributed by atoms with Crippen molar-refractivity contribution in [1.82, 2.24) is 24.6 Å². The van der Waals surface area contributed by atoms with E-state index >= 15 is 0 Å². The summed E-state index contributed by atoms with van der Waals surface area (Å²) in [5.74, 6) is -0.123. The molecule has 8 nitrogen and oxygen atoms in total. The summed E-state index contributed by atoms with van der Waals surface area (Å²) in [5, 5.41) is 16.8. The lowest BCUT2D eigenvalue weighted by Gasteiger charge is -2.34. The highest BCUT2D eigenvalue weighted by Gasteiger charge is 2.27. The zero-order valence-corrected chi connectivity index (χ0v) is 21.7. The molecule has 0 unspecified atom stereocenters. The van der Waals surface area contributed by atoms with Crippen LogP contribution in [0.25, 0.3) is 16.7 Å². The Morgan fingerprint density at radius 1 is 1.24 bits per heavy atom. The molecule has 0 amide bonds. The summed E-state index contributed by atoms with van der Waals surface area (Å²) in [5.41, 5.74) is 3.22. The number of rotatable bonds is 5. The van der Waals surface area contributed by atoms with Crippen LogP contribution in [0, 0.1) is 17.1 Å². The van der Waals surface area contributed by atoms with Gasteiger partial charge in [-0.3, -0.25) is 4.79 Å². The van der Waals surface area contributed by atoms with Crippen LogP contribution >= 0.6 is 0 Å². The normalized spacial score (nSPS) is 14.8. The molecule has 1 aliphatic rings. The van der Waals surface area contributed by atoms with Crippen molar-refractivity contribution in [3.05, 3.63) is 75.5 Å². The number of anilines is 2. The summed E-state index contributed by atoms with van der Waals surface area (Å²) in [6.45, 7) is 10.8. The molecule has 3 heterocycles. The largest absolute Gasteiger partial charge is 0.324 e. The van der Waals surface area contributed by atoms with Crippen LogP contribution in [0.4, 0.5) is 16.0 Å². The van der Waals surface area contributed by atoms with Crippen LogP contribution in [0.15, 0.2) is 47.4 Å². The van der Waals surface area contributed by atoms with Crippen LogP contribution < -0.4 is 16.2 Å². The Balaban J connectivity index is 1.61. The van der Waals surface area contributed by atoms with Crippen LogP contribution in [-0.2, 0) is 23.9 Å². The van der Waals surface area contributed by atoms with E-state index in [0.717, 1.165) is 18.7 Å². The maximum atomic E-state index is 14.7. The zero-order chi connectivity index (χ0) is 26.5. The number of benzene rings is 2. The minimum Gasteiger partial charge on any atom is -0.324 e. The average molecular weight is 500 g/mol. The number of nitriles is 1. The first-order valence-corrected chi connectivity index (χ1v) is 12.4. The van der Waals surface area contributed by atoms with E-state index in [0.29, 0.717) is 29.2 Å². The molecular weight excluding hydrogens is 469 g/mol. The number of hydrogen-bond acceptors (Lipinski definition) is 6. The molecule has 4 aromatic rings. The summed E-state index contributed by atoms with van der Waals surface area (Å²) in [6, 6.07) is 12.9. The third-order valence-electron chi connectivity index (χ3n) is 7.12. The van der Waals surface area contributed by atoms with E-state index in [1.807, 2.05) is 13.0 Å². The molecule has 0 saturated carbocycles. The van der Waals surface area contributed by atoms with Gasteiger partial charge in [0, 0.05) is 29.5 Å². The Bertz CT molecular complexity index is 1620. The van der Waals surface area contributed by atoms with E-state index in [9.17, 15) is 14.4 Å². The minimum absolute atomic E-state index is 0.0885. The lowest BCUT2D eigenvalue weighted by molar-refractivity contribution is 0.382. The minimum atomic E-state index is -1.04. The number of halogens is 1. The average Bonchev–Trinajstić information content (AvgIpc) is 3.14. The quantitative estimate of drug-likeness (QED) is 0.414. The summed E-state index contributed by atoms with van der Waals surface area (Å²) in [6.07, 6.45) is 2.45. The van der Waals surface area contributed by atoms with Crippen molar-refractivity contribution in [2.45, 2.75) is 58.5 Å². The lowest BCUT2D eigenvalue weighted by Crippen LogP contribution is -2.42. The van der Waals surface area contributed by atoms with Crippen molar-refractivity contribution in [1.29, 1.82) is 5.26 Å². The molecule has 37 heavy (non-hydrogen) atoms. The Hall–Kier alpha value is -4.03. The van der Waals surface area contributed by atoms with Crippen LogP contribution in [0.1, 0.15) is 51.3 Å². The zero-order valence-electron chi connectivity index (χ0n) is 21.7. The van der Waals surface area contributed by atoms with Crippen LogP contribution in [0.3, 0.4) is 0 Å². The fourth-order valence-electron chi connectivity index (χ4n) is 5.04. The van der Waals surface area contributed by atoms with Gasteiger partial charge in [0.05, 0.1) is 17.2 Å². The van der Waals surface area contributed by atoms with Gasteiger partial charge in [-0.15, -0.1) is 0 Å². The van der Waals surface area contributed by atoms with Crippen molar-refractivity contribution in [3.63, 3.8) is 0 Å². The predicted molar refractivity (Wildman–Crippen MR) is 142 cm³/mol.